The molecule has 274 valence electrons. The van der Waals surface area contributed by atoms with Crippen LogP contribution in [0.1, 0.15) is 73.0 Å². The van der Waals surface area contributed by atoms with Gasteiger partial charge in [-0.2, -0.15) is 9.59 Å². The van der Waals surface area contributed by atoms with Crippen molar-refractivity contribution < 1.29 is 19.1 Å². The molecule has 2 aromatic carbocycles. The van der Waals surface area contributed by atoms with Crippen LogP contribution in [-0.2, 0) is 9.59 Å². The molecule has 8 aliphatic rings. The summed E-state index contributed by atoms with van der Waals surface area (Å²) in [5.41, 5.74) is 8.23. The zero-order valence-electron chi connectivity index (χ0n) is 29.1. The number of piperidine rings is 6. The van der Waals surface area contributed by atoms with Crippen LogP contribution in [0.3, 0.4) is 0 Å². The maximum atomic E-state index is 13.0. The average molecular weight is 791 g/mol. The topological polar surface area (TPSA) is 92.9 Å². The van der Waals surface area contributed by atoms with E-state index in [9.17, 15) is 4.79 Å². The summed E-state index contributed by atoms with van der Waals surface area (Å²) in [5.74, 6) is 3.35. The van der Waals surface area contributed by atoms with Gasteiger partial charge in [0.25, 0.3) is 0 Å². The lowest BCUT2D eigenvalue weighted by atomic mass is 9.70. The van der Waals surface area contributed by atoms with Crippen LogP contribution in [0.25, 0.3) is 20.2 Å². The molecule has 12 heteroatoms. The van der Waals surface area contributed by atoms with Crippen LogP contribution in [0.15, 0.2) is 41.8 Å². The molecule has 7 nitrogen and oxygen atoms in total. The smallest absolute Gasteiger partial charge is 0.373 e. The number of nitrogens with two attached hydrogens (primary N) is 1. The second-order valence-electron chi connectivity index (χ2n) is 14.8. The van der Waals surface area contributed by atoms with Gasteiger partial charge >= 0.3 is 6.15 Å². The Hall–Kier alpha value is -2.04. The Balaban J connectivity index is 0.000000139. The number of nitrogens with zero attached hydrogens (tertiary/aromatic N) is 2. The Labute approximate surface area is 324 Å². The minimum Gasteiger partial charge on any atom is -0.494 e. The lowest BCUT2D eigenvalue weighted by molar-refractivity contribution is -0.191. The standard InChI is InChI=1S/C20H22ClNOS.C9H7ClOS.C9H16N2.CO2.ClH/c1-12-16(21)3-2-14-10-18(24-19(12)14)17(23)11-15-13-4-8-22(9-5-13)20(15)6-7-20;1-11-8-7(10)3-2-6-4-5-12-9(6)8;10-8-7-1-5-11(6-2-7)9(8)3-4-9;2-1-3;/h2-3,10,13,15H,4-9,11H2,1H3;2-5H,1H3;7-8H,1-6,10H2;;1H/t15-;;8-;;/m1.1../s1. The van der Waals surface area contributed by atoms with Gasteiger partial charge in [0.05, 0.1) is 21.7 Å². The number of ketones is 1. The molecule has 0 unspecified atom stereocenters. The molecule has 0 radical (unpaired) electrons. The van der Waals surface area contributed by atoms with Gasteiger partial charge in [0.1, 0.15) is 0 Å². The van der Waals surface area contributed by atoms with Crippen molar-refractivity contribution in [3.05, 3.63) is 62.3 Å². The summed E-state index contributed by atoms with van der Waals surface area (Å²) >= 11 is 15.4. The molecule has 2 spiro atoms. The van der Waals surface area contributed by atoms with Crippen molar-refractivity contribution in [1.82, 2.24) is 9.80 Å². The van der Waals surface area contributed by atoms with Crippen molar-refractivity contribution in [2.24, 2.45) is 23.5 Å². The molecule has 2 aliphatic carbocycles. The molecular formula is C39H46Cl3N3O4S2. The highest BCUT2D eigenvalue weighted by Crippen LogP contribution is 2.59. The van der Waals surface area contributed by atoms with E-state index in [4.69, 9.17) is 43.3 Å². The van der Waals surface area contributed by atoms with Gasteiger partial charge in [-0.25, -0.2) is 0 Å². The summed E-state index contributed by atoms with van der Waals surface area (Å²) in [5, 5.41) is 5.83. The quantitative estimate of drug-likeness (QED) is 0.206. The Morgan fingerprint density at radius 2 is 1.45 bits per heavy atom. The molecule has 2 atom stereocenters. The second-order valence-corrected chi connectivity index (χ2v) is 17.6. The van der Waals surface area contributed by atoms with E-state index in [0.29, 0.717) is 33.8 Å². The summed E-state index contributed by atoms with van der Waals surface area (Å²) in [6.07, 6.45) is 11.7. The molecule has 8 heterocycles. The number of rotatable bonds is 4. The molecule has 51 heavy (non-hydrogen) atoms. The molecule has 4 bridgehead atoms. The van der Waals surface area contributed by atoms with E-state index < -0.39 is 0 Å². The monoisotopic (exact) mass is 789 g/mol. The fraction of sp³-hybridized carbons (Fsp3) is 0.538. The molecule has 0 amide bonds. The highest BCUT2D eigenvalue weighted by molar-refractivity contribution is 7.21. The number of thiophene rings is 2. The number of carbonyl (C=O) groups is 1. The van der Waals surface area contributed by atoms with Crippen molar-refractivity contribution in [3.63, 3.8) is 0 Å². The highest BCUT2D eigenvalue weighted by atomic mass is 35.5. The maximum Gasteiger partial charge on any atom is 0.373 e. The Kier molecular flexibility index (Phi) is 11.9. The molecule has 2 aromatic heterocycles. The summed E-state index contributed by atoms with van der Waals surface area (Å²) in [4.78, 5) is 35.5. The van der Waals surface area contributed by atoms with Crippen molar-refractivity contribution in [1.29, 1.82) is 0 Å². The van der Waals surface area contributed by atoms with E-state index in [1.165, 1.54) is 87.6 Å². The number of ether oxygens (including phenoxy) is 1. The first-order chi connectivity index (χ1) is 24.2. The minimum absolute atomic E-state index is 0. The fourth-order valence-electron chi connectivity index (χ4n) is 9.55. The largest absolute Gasteiger partial charge is 0.494 e. The van der Waals surface area contributed by atoms with Gasteiger partial charge in [0, 0.05) is 33.3 Å². The zero-order valence-corrected chi connectivity index (χ0v) is 33.1. The van der Waals surface area contributed by atoms with Crippen LogP contribution in [-0.4, -0.2) is 72.1 Å². The van der Waals surface area contributed by atoms with E-state index in [2.05, 4.69) is 21.9 Å². The van der Waals surface area contributed by atoms with E-state index in [1.807, 2.05) is 36.6 Å². The van der Waals surface area contributed by atoms with Crippen LogP contribution in [0.4, 0.5) is 0 Å². The van der Waals surface area contributed by atoms with Gasteiger partial charge in [-0.3, -0.25) is 14.6 Å². The first-order valence-corrected chi connectivity index (χ1v) is 20.3. The molecule has 2 N–H and O–H groups in total. The molecular weight excluding hydrogens is 745 g/mol. The van der Waals surface area contributed by atoms with Gasteiger partial charge in [0.15, 0.2) is 11.5 Å². The number of aryl methyl sites for hydroxylation is 1. The van der Waals surface area contributed by atoms with Crippen LogP contribution in [0.2, 0.25) is 10.0 Å². The summed E-state index contributed by atoms with van der Waals surface area (Å²) in [6, 6.07) is 12.5. The number of hydrogen-bond acceptors (Lipinski definition) is 9. The van der Waals surface area contributed by atoms with E-state index in [-0.39, 0.29) is 18.6 Å². The molecule has 2 saturated carbocycles. The number of Topliss-reactive ketones (excluding diaryl/α,β-unsaturated/α-hetero) is 1. The third-order valence-electron chi connectivity index (χ3n) is 12.5. The van der Waals surface area contributed by atoms with Crippen LogP contribution < -0.4 is 10.5 Å². The van der Waals surface area contributed by atoms with Gasteiger partial charge in [-0.1, -0.05) is 35.3 Å². The van der Waals surface area contributed by atoms with Gasteiger partial charge in [-0.15, -0.1) is 35.1 Å². The minimum atomic E-state index is 0. The van der Waals surface area contributed by atoms with Gasteiger partial charge in [0.2, 0.25) is 0 Å². The van der Waals surface area contributed by atoms with Crippen LogP contribution in [0, 0.1) is 24.7 Å². The molecule has 8 fully saturated rings. The van der Waals surface area contributed by atoms with Gasteiger partial charge in [-0.05, 0) is 148 Å². The molecule has 6 aliphatic heterocycles. The van der Waals surface area contributed by atoms with E-state index >= 15 is 0 Å². The van der Waals surface area contributed by atoms with Gasteiger partial charge < -0.3 is 10.5 Å². The number of methoxy groups -OCH3 is 1. The summed E-state index contributed by atoms with van der Waals surface area (Å²) in [6.45, 7) is 7.23. The Morgan fingerprint density at radius 3 is 2.02 bits per heavy atom. The first-order valence-electron chi connectivity index (χ1n) is 17.8. The normalized spacial score (nSPS) is 27.9. The lowest BCUT2D eigenvalue weighted by Crippen LogP contribution is -2.63. The Bertz CT molecular complexity index is 1900. The van der Waals surface area contributed by atoms with Crippen molar-refractivity contribution in [2.45, 2.75) is 81.8 Å². The highest BCUT2D eigenvalue weighted by Gasteiger charge is 2.60. The fourth-order valence-corrected chi connectivity index (χ4v) is 12.1. The number of fused-ring (bicyclic) bond motifs is 6. The zero-order chi connectivity index (χ0) is 35.2. The molecule has 6 saturated heterocycles. The first kappa shape index (κ1) is 38.7. The summed E-state index contributed by atoms with van der Waals surface area (Å²) in [7, 11) is 1.64. The number of carbonyl (C=O) groups excluding carboxylic acids is 3. The predicted molar refractivity (Wildman–Crippen MR) is 210 cm³/mol. The van der Waals surface area contributed by atoms with Crippen LogP contribution >= 0.6 is 58.3 Å². The average Bonchev–Trinajstić information content (AvgIpc) is 4.00. The summed E-state index contributed by atoms with van der Waals surface area (Å²) < 4.78 is 7.48. The number of hydrogen-bond donors (Lipinski definition) is 1. The molecule has 12 rings (SSSR count). The van der Waals surface area contributed by atoms with Crippen LogP contribution in [0.5, 0.6) is 5.75 Å². The molecule has 4 aromatic rings. The SMILES string of the molecule is COc1c(Cl)ccc2ccsc12.Cc1c(Cl)ccc2cc(C(=O)C[C@@H]3C4CCN(CC4)C34CC4)sc12.Cl.N[C@@H]1C2CCN(CC2)C12CC2.O=C=O. The van der Waals surface area contributed by atoms with E-state index in [0.717, 1.165) is 49.6 Å². The Morgan fingerprint density at radius 1 is 0.882 bits per heavy atom. The van der Waals surface area contributed by atoms with Crippen molar-refractivity contribution in [2.75, 3.05) is 33.3 Å². The van der Waals surface area contributed by atoms with Crippen molar-refractivity contribution >= 4 is 90.4 Å². The lowest BCUT2D eigenvalue weighted by Gasteiger charge is -2.52. The second kappa shape index (κ2) is 15.7. The maximum absolute atomic E-state index is 13.0. The number of halogens is 3. The third kappa shape index (κ3) is 7.28. The third-order valence-corrected chi connectivity index (χ3v) is 15.5. The van der Waals surface area contributed by atoms with E-state index in [1.54, 1.807) is 29.8 Å². The number of benzene rings is 2. The predicted octanol–water partition coefficient (Wildman–Crippen LogP) is 9.28. The van der Waals surface area contributed by atoms with Crippen molar-refractivity contribution in [3.8, 4) is 5.75 Å².